The largest absolute Gasteiger partial charge is 0.376 e. The van der Waals surface area contributed by atoms with Gasteiger partial charge >= 0.3 is 0 Å². The third-order valence-electron chi connectivity index (χ3n) is 5.74. The molecule has 1 aliphatic heterocycles. The Bertz CT molecular complexity index is 1150. The van der Waals surface area contributed by atoms with Gasteiger partial charge in [0, 0.05) is 25.9 Å². The summed E-state index contributed by atoms with van der Waals surface area (Å²) in [6.45, 7) is 2.50. The Balaban J connectivity index is 1.49. The van der Waals surface area contributed by atoms with E-state index in [1.807, 2.05) is 47.4 Å². The molecule has 1 saturated heterocycles. The number of hydrogen-bond acceptors (Lipinski definition) is 4. The topological polar surface area (TPSA) is 47.4 Å². The second-order valence-electron chi connectivity index (χ2n) is 7.91. The summed E-state index contributed by atoms with van der Waals surface area (Å²) in [4.78, 5) is 20.2. The predicted octanol–water partition coefficient (Wildman–Crippen LogP) is 4.97. The van der Waals surface area contributed by atoms with E-state index in [0.717, 1.165) is 41.1 Å². The number of hydrogen-bond donors (Lipinski definition) is 0. The van der Waals surface area contributed by atoms with Crippen molar-refractivity contribution in [2.24, 2.45) is 0 Å². The van der Waals surface area contributed by atoms with Crippen LogP contribution in [0.2, 0.25) is 0 Å². The number of nitrogens with zero attached hydrogens (tertiary/aromatic N) is 3. The molecule has 1 aliphatic rings. The monoisotopic (exact) mass is 431 g/mol. The maximum atomic E-state index is 13.8. The van der Waals surface area contributed by atoms with Crippen molar-refractivity contribution < 1.29 is 9.53 Å². The Morgan fingerprint density at radius 3 is 2.81 bits per heavy atom. The Labute approximate surface area is 185 Å². The molecule has 31 heavy (non-hydrogen) atoms. The summed E-state index contributed by atoms with van der Waals surface area (Å²) in [6.07, 6.45) is 3.91. The van der Waals surface area contributed by atoms with E-state index in [1.54, 1.807) is 17.5 Å². The second-order valence-corrected chi connectivity index (χ2v) is 8.86. The van der Waals surface area contributed by atoms with Gasteiger partial charge in [-0.25, -0.2) is 0 Å². The van der Waals surface area contributed by atoms with Crippen molar-refractivity contribution in [1.82, 2.24) is 14.5 Å². The Hall–Kier alpha value is -2.96. The zero-order valence-corrected chi connectivity index (χ0v) is 18.1. The van der Waals surface area contributed by atoms with Crippen molar-refractivity contribution in [3.8, 4) is 0 Å². The normalized spacial score (nSPS) is 16.1. The third-order valence-corrected chi connectivity index (χ3v) is 6.59. The van der Waals surface area contributed by atoms with E-state index < -0.39 is 0 Å². The van der Waals surface area contributed by atoms with Crippen LogP contribution in [-0.2, 0) is 17.8 Å². The number of thiophene rings is 1. The molecule has 0 aliphatic carbocycles. The van der Waals surface area contributed by atoms with Gasteiger partial charge in [0.05, 0.1) is 28.6 Å². The van der Waals surface area contributed by atoms with Gasteiger partial charge in [0.1, 0.15) is 5.69 Å². The van der Waals surface area contributed by atoms with Gasteiger partial charge in [0.2, 0.25) is 0 Å². The standard InChI is InChI=1S/C25H25N3O2S/c29-25(27(18-21-10-6-13-30-21)17-20-9-4-5-12-26-20)23-15-24-22(11-14-31-24)28(23)16-19-7-2-1-3-8-19/h1-5,7-9,11-12,14-15,21H,6,10,13,16-18H2. The number of fused-ring (bicyclic) bond motifs is 1. The van der Waals surface area contributed by atoms with E-state index in [-0.39, 0.29) is 12.0 Å². The molecule has 0 radical (unpaired) electrons. The summed E-state index contributed by atoms with van der Waals surface area (Å²) in [5.74, 6) is 0.0282. The zero-order valence-electron chi connectivity index (χ0n) is 17.3. The van der Waals surface area contributed by atoms with E-state index in [2.05, 4.69) is 33.1 Å². The van der Waals surface area contributed by atoms with Gasteiger partial charge in [-0.2, -0.15) is 0 Å². The highest BCUT2D eigenvalue weighted by atomic mass is 32.1. The van der Waals surface area contributed by atoms with E-state index in [0.29, 0.717) is 19.6 Å². The molecule has 5 rings (SSSR count). The minimum atomic E-state index is 0.0282. The van der Waals surface area contributed by atoms with Crippen LogP contribution in [0.5, 0.6) is 0 Å². The number of carbonyl (C=O) groups excluding carboxylic acids is 1. The Kier molecular flexibility index (Phi) is 5.82. The number of amides is 1. The molecule has 0 bridgehead atoms. The molecule has 1 unspecified atom stereocenters. The molecule has 1 aromatic carbocycles. The SMILES string of the molecule is O=C(c1cc2sccc2n1Cc1ccccc1)N(Cc1ccccn1)CC1CCCO1. The summed E-state index contributed by atoms with van der Waals surface area (Å²) < 4.78 is 9.13. The summed E-state index contributed by atoms with van der Waals surface area (Å²) in [5.41, 5.74) is 3.89. The lowest BCUT2D eigenvalue weighted by atomic mass is 10.2. The van der Waals surface area contributed by atoms with Crippen LogP contribution in [-0.4, -0.2) is 39.6 Å². The third kappa shape index (κ3) is 4.40. The molecule has 5 nitrogen and oxygen atoms in total. The maximum Gasteiger partial charge on any atom is 0.270 e. The lowest BCUT2D eigenvalue weighted by molar-refractivity contribution is 0.0497. The summed E-state index contributed by atoms with van der Waals surface area (Å²) >= 11 is 1.67. The Morgan fingerprint density at radius 2 is 2.03 bits per heavy atom. The Morgan fingerprint density at radius 1 is 1.16 bits per heavy atom. The van der Waals surface area contributed by atoms with Crippen molar-refractivity contribution in [3.05, 3.63) is 89.2 Å². The van der Waals surface area contributed by atoms with Gasteiger partial charge in [-0.05, 0) is 48.1 Å². The fourth-order valence-corrected chi connectivity index (χ4v) is 5.02. The fourth-order valence-electron chi connectivity index (χ4n) is 4.19. The summed E-state index contributed by atoms with van der Waals surface area (Å²) in [7, 11) is 0. The average Bonchev–Trinajstić information content (AvgIpc) is 3.54. The first kappa shape index (κ1) is 20.0. The van der Waals surface area contributed by atoms with Crippen LogP contribution in [0, 0.1) is 0 Å². The maximum absolute atomic E-state index is 13.8. The number of pyridine rings is 1. The summed E-state index contributed by atoms with van der Waals surface area (Å²) in [6, 6.07) is 20.3. The van der Waals surface area contributed by atoms with Crippen molar-refractivity contribution in [2.45, 2.75) is 32.0 Å². The molecular weight excluding hydrogens is 406 g/mol. The van der Waals surface area contributed by atoms with Gasteiger partial charge < -0.3 is 14.2 Å². The number of benzene rings is 1. The molecule has 1 fully saturated rings. The van der Waals surface area contributed by atoms with Crippen LogP contribution < -0.4 is 0 Å². The second kappa shape index (κ2) is 9.04. The lowest BCUT2D eigenvalue weighted by Crippen LogP contribution is -2.38. The lowest BCUT2D eigenvalue weighted by Gasteiger charge is -2.26. The average molecular weight is 432 g/mol. The van der Waals surface area contributed by atoms with Crippen LogP contribution in [0.15, 0.2) is 72.2 Å². The number of ether oxygens (including phenoxy) is 1. The molecule has 4 aromatic rings. The van der Waals surface area contributed by atoms with E-state index in [4.69, 9.17) is 4.74 Å². The molecule has 0 N–H and O–H groups in total. The highest BCUT2D eigenvalue weighted by Crippen LogP contribution is 2.28. The molecule has 0 spiro atoms. The quantitative estimate of drug-likeness (QED) is 0.415. The zero-order chi connectivity index (χ0) is 21.0. The van der Waals surface area contributed by atoms with Crippen molar-refractivity contribution >= 4 is 27.5 Å². The van der Waals surface area contributed by atoms with E-state index in [1.165, 1.54) is 5.56 Å². The number of aromatic nitrogens is 2. The first-order valence-corrected chi connectivity index (χ1v) is 11.6. The van der Waals surface area contributed by atoms with Gasteiger partial charge in [0.25, 0.3) is 5.91 Å². The smallest absolute Gasteiger partial charge is 0.270 e. The first-order chi connectivity index (χ1) is 15.3. The minimum absolute atomic E-state index is 0.0282. The fraction of sp³-hybridized carbons (Fsp3) is 0.280. The molecule has 0 saturated carbocycles. The number of rotatable bonds is 7. The highest BCUT2D eigenvalue weighted by Gasteiger charge is 2.27. The molecular formula is C25H25N3O2S. The molecule has 6 heteroatoms. The predicted molar refractivity (Wildman–Crippen MR) is 123 cm³/mol. The molecule has 158 valence electrons. The molecule has 1 amide bonds. The van der Waals surface area contributed by atoms with Gasteiger partial charge in [-0.1, -0.05) is 36.4 Å². The van der Waals surface area contributed by atoms with Crippen molar-refractivity contribution in [2.75, 3.05) is 13.2 Å². The van der Waals surface area contributed by atoms with Crippen LogP contribution in [0.25, 0.3) is 10.2 Å². The van der Waals surface area contributed by atoms with E-state index >= 15 is 0 Å². The van der Waals surface area contributed by atoms with Crippen LogP contribution in [0.4, 0.5) is 0 Å². The molecule has 3 aromatic heterocycles. The van der Waals surface area contributed by atoms with Crippen molar-refractivity contribution in [3.63, 3.8) is 0 Å². The first-order valence-electron chi connectivity index (χ1n) is 10.7. The van der Waals surface area contributed by atoms with E-state index in [9.17, 15) is 4.79 Å². The van der Waals surface area contributed by atoms with Gasteiger partial charge in [-0.15, -0.1) is 11.3 Å². The van der Waals surface area contributed by atoms with Gasteiger partial charge in [0.15, 0.2) is 0 Å². The summed E-state index contributed by atoms with van der Waals surface area (Å²) in [5, 5.41) is 2.08. The minimum Gasteiger partial charge on any atom is -0.376 e. The molecule has 1 atom stereocenters. The molecule has 4 heterocycles. The van der Waals surface area contributed by atoms with Gasteiger partial charge in [-0.3, -0.25) is 9.78 Å². The van der Waals surface area contributed by atoms with Crippen LogP contribution >= 0.6 is 11.3 Å². The van der Waals surface area contributed by atoms with Crippen LogP contribution in [0.3, 0.4) is 0 Å². The highest BCUT2D eigenvalue weighted by molar-refractivity contribution is 7.17. The van der Waals surface area contributed by atoms with Crippen LogP contribution in [0.1, 0.15) is 34.6 Å². The number of carbonyl (C=O) groups is 1. The van der Waals surface area contributed by atoms with Crippen molar-refractivity contribution in [1.29, 1.82) is 0 Å².